The minimum absolute atomic E-state index is 0.753. The molecular formula is C15H13BrClN2S+. The van der Waals surface area contributed by atoms with Gasteiger partial charge in [0.05, 0.1) is 20.3 Å². The summed E-state index contributed by atoms with van der Waals surface area (Å²) in [5.74, 6) is 0. The van der Waals surface area contributed by atoms with E-state index in [1.165, 1.54) is 0 Å². The van der Waals surface area contributed by atoms with E-state index < -0.39 is 0 Å². The van der Waals surface area contributed by atoms with E-state index in [9.17, 15) is 0 Å². The first-order valence-corrected chi connectivity index (χ1v) is 8.40. The third-order valence-electron chi connectivity index (χ3n) is 2.97. The van der Waals surface area contributed by atoms with E-state index >= 15 is 0 Å². The van der Waals surface area contributed by atoms with Crippen molar-refractivity contribution in [3.63, 3.8) is 0 Å². The van der Waals surface area contributed by atoms with Crippen molar-refractivity contribution in [3.8, 4) is 10.6 Å². The molecule has 0 bridgehead atoms. The van der Waals surface area contributed by atoms with Gasteiger partial charge in [-0.05, 0) is 40.2 Å². The molecule has 20 heavy (non-hydrogen) atoms. The predicted octanol–water partition coefficient (Wildman–Crippen LogP) is 5.08. The molecule has 0 saturated heterocycles. The summed E-state index contributed by atoms with van der Waals surface area (Å²) in [7, 11) is 0. The van der Waals surface area contributed by atoms with Crippen molar-refractivity contribution in [2.75, 3.05) is 0 Å². The molecule has 102 valence electrons. The average molecular weight is 369 g/mol. The van der Waals surface area contributed by atoms with Gasteiger partial charge in [-0.1, -0.05) is 18.5 Å². The first-order chi connectivity index (χ1) is 9.65. The van der Waals surface area contributed by atoms with Crippen molar-refractivity contribution < 1.29 is 4.57 Å². The van der Waals surface area contributed by atoms with Crippen LogP contribution >= 0.6 is 38.9 Å². The minimum atomic E-state index is 0.753. The van der Waals surface area contributed by atoms with E-state index in [0.717, 1.165) is 43.2 Å². The van der Waals surface area contributed by atoms with Crippen molar-refractivity contribution in [1.82, 2.24) is 4.98 Å². The average Bonchev–Trinajstić information content (AvgIpc) is 2.81. The molecule has 0 unspecified atom stereocenters. The van der Waals surface area contributed by atoms with Crippen LogP contribution in [0.25, 0.3) is 20.8 Å². The van der Waals surface area contributed by atoms with Crippen LogP contribution in [0.4, 0.5) is 0 Å². The number of rotatable bonds is 3. The predicted molar refractivity (Wildman–Crippen MR) is 88.3 cm³/mol. The Hall–Kier alpha value is -0.970. The first kappa shape index (κ1) is 14.0. The first-order valence-electron chi connectivity index (χ1n) is 6.42. The smallest absolute Gasteiger partial charge is 0.183 e. The number of pyridine rings is 1. The Labute approximate surface area is 135 Å². The molecule has 0 atom stereocenters. The van der Waals surface area contributed by atoms with Crippen LogP contribution in [0.15, 0.2) is 41.1 Å². The lowest BCUT2D eigenvalue weighted by molar-refractivity contribution is -0.697. The maximum atomic E-state index is 6.03. The third kappa shape index (κ3) is 2.87. The molecule has 0 aliphatic rings. The van der Waals surface area contributed by atoms with Gasteiger partial charge in [0.2, 0.25) is 0 Å². The highest BCUT2D eigenvalue weighted by Gasteiger charge is 2.12. The zero-order valence-corrected chi connectivity index (χ0v) is 14.1. The lowest BCUT2D eigenvalue weighted by Gasteiger charge is -1.98. The Morgan fingerprint density at radius 2 is 2.15 bits per heavy atom. The Bertz CT molecular complexity index is 770. The molecule has 0 amide bonds. The fraction of sp³-hybridized carbons (Fsp3) is 0.200. The van der Waals surface area contributed by atoms with E-state index in [2.05, 4.69) is 45.9 Å². The van der Waals surface area contributed by atoms with Crippen molar-refractivity contribution in [3.05, 3.63) is 46.2 Å². The van der Waals surface area contributed by atoms with Crippen LogP contribution < -0.4 is 4.57 Å². The standard InChI is InChI=1S/C15H13BrClN2S/c1-2-5-19-8-10(6-11(16)9-19)15-18-13-4-3-12(17)7-14(13)20-15/h3-4,6-9H,2,5H2,1H3/q+1. The highest BCUT2D eigenvalue weighted by atomic mass is 79.9. The fourth-order valence-corrected chi connectivity index (χ4v) is 3.86. The van der Waals surface area contributed by atoms with Crippen molar-refractivity contribution >= 4 is 49.1 Å². The van der Waals surface area contributed by atoms with Crippen molar-refractivity contribution in [2.24, 2.45) is 0 Å². The number of aryl methyl sites for hydroxylation is 1. The van der Waals surface area contributed by atoms with E-state index in [1.54, 1.807) is 11.3 Å². The molecule has 0 radical (unpaired) electrons. The van der Waals surface area contributed by atoms with Gasteiger partial charge in [0, 0.05) is 11.4 Å². The van der Waals surface area contributed by atoms with E-state index in [0.29, 0.717) is 0 Å². The molecule has 3 aromatic rings. The molecule has 2 heterocycles. The fourth-order valence-electron chi connectivity index (χ4n) is 2.12. The number of fused-ring (bicyclic) bond motifs is 1. The summed E-state index contributed by atoms with van der Waals surface area (Å²) in [5, 5.41) is 1.77. The summed E-state index contributed by atoms with van der Waals surface area (Å²) in [6.45, 7) is 3.18. The van der Waals surface area contributed by atoms with Crippen LogP contribution in [0.2, 0.25) is 5.02 Å². The number of hydrogen-bond donors (Lipinski definition) is 0. The number of hydrogen-bond acceptors (Lipinski definition) is 2. The summed E-state index contributed by atoms with van der Waals surface area (Å²) in [4.78, 5) is 4.69. The topological polar surface area (TPSA) is 16.8 Å². The molecule has 2 nitrogen and oxygen atoms in total. The lowest BCUT2D eigenvalue weighted by atomic mass is 10.3. The van der Waals surface area contributed by atoms with Gasteiger partial charge in [-0.3, -0.25) is 0 Å². The van der Waals surface area contributed by atoms with Gasteiger partial charge in [0.25, 0.3) is 0 Å². The molecule has 0 saturated carbocycles. The van der Waals surface area contributed by atoms with E-state index in [-0.39, 0.29) is 0 Å². The second-order valence-electron chi connectivity index (χ2n) is 4.61. The van der Waals surface area contributed by atoms with Crippen LogP contribution in [-0.4, -0.2) is 4.98 Å². The number of halogens is 2. The van der Waals surface area contributed by atoms with Gasteiger partial charge < -0.3 is 0 Å². The Kier molecular flexibility index (Phi) is 4.06. The second kappa shape index (κ2) is 5.80. The minimum Gasteiger partial charge on any atom is -0.236 e. The highest BCUT2D eigenvalue weighted by molar-refractivity contribution is 9.10. The maximum Gasteiger partial charge on any atom is 0.183 e. The summed E-state index contributed by atoms with van der Waals surface area (Å²) in [6.07, 6.45) is 5.35. The second-order valence-corrected chi connectivity index (χ2v) is 6.99. The van der Waals surface area contributed by atoms with Crippen LogP contribution in [0.1, 0.15) is 13.3 Å². The van der Waals surface area contributed by atoms with Crippen LogP contribution in [0, 0.1) is 0 Å². The molecule has 0 N–H and O–H groups in total. The molecule has 0 fully saturated rings. The number of thiazole rings is 1. The Morgan fingerprint density at radius 3 is 2.95 bits per heavy atom. The van der Waals surface area contributed by atoms with E-state index in [4.69, 9.17) is 16.6 Å². The number of benzene rings is 1. The number of nitrogens with zero attached hydrogens (tertiary/aromatic N) is 2. The summed E-state index contributed by atoms with van der Waals surface area (Å²) in [6, 6.07) is 7.92. The summed E-state index contributed by atoms with van der Waals surface area (Å²) in [5.41, 5.74) is 2.13. The Balaban J connectivity index is 2.10. The van der Waals surface area contributed by atoms with Gasteiger partial charge in [-0.25, -0.2) is 9.55 Å². The number of aromatic nitrogens is 2. The molecule has 5 heteroatoms. The molecule has 0 spiro atoms. The van der Waals surface area contributed by atoms with Gasteiger partial charge in [-0.2, -0.15) is 0 Å². The zero-order valence-electron chi connectivity index (χ0n) is 10.9. The highest BCUT2D eigenvalue weighted by Crippen LogP contribution is 2.32. The summed E-state index contributed by atoms with van der Waals surface area (Å²) < 4.78 is 4.38. The molecule has 1 aromatic carbocycles. The van der Waals surface area contributed by atoms with Crippen molar-refractivity contribution in [1.29, 1.82) is 0 Å². The molecular weight excluding hydrogens is 356 g/mol. The van der Waals surface area contributed by atoms with Gasteiger partial charge in [0.15, 0.2) is 12.4 Å². The SMILES string of the molecule is CCC[n+]1cc(Br)cc(-c2nc3ccc(Cl)cc3s2)c1. The van der Waals surface area contributed by atoms with Gasteiger partial charge in [0.1, 0.15) is 11.6 Å². The van der Waals surface area contributed by atoms with Gasteiger partial charge >= 0.3 is 0 Å². The van der Waals surface area contributed by atoms with Crippen LogP contribution in [-0.2, 0) is 6.54 Å². The normalized spacial score (nSPS) is 11.2. The maximum absolute atomic E-state index is 6.03. The van der Waals surface area contributed by atoms with E-state index in [1.807, 2.05) is 18.2 Å². The third-order valence-corrected chi connectivity index (χ3v) is 4.70. The monoisotopic (exact) mass is 367 g/mol. The van der Waals surface area contributed by atoms with Crippen LogP contribution in [0.3, 0.4) is 0 Å². The Morgan fingerprint density at radius 1 is 1.30 bits per heavy atom. The van der Waals surface area contributed by atoms with Gasteiger partial charge in [-0.15, -0.1) is 11.3 Å². The summed E-state index contributed by atoms with van der Waals surface area (Å²) >= 11 is 11.3. The van der Waals surface area contributed by atoms with Crippen LogP contribution in [0.5, 0.6) is 0 Å². The molecule has 3 rings (SSSR count). The molecule has 0 aliphatic heterocycles. The lowest BCUT2D eigenvalue weighted by Crippen LogP contribution is -2.32. The largest absolute Gasteiger partial charge is 0.236 e. The van der Waals surface area contributed by atoms with Crippen molar-refractivity contribution in [2.45, 2.75) is 19.9 Å². The zero-order chi connectivity index (χ0) is 14.1. The molecule has 2 aromatic heterocycles. The quantitative estimate of drug-likeness (QED) is 0.589. The molecule has 0 aliphatic carbocycles.